The van der Waals surface area contributed by atoms with Crippen molar-refractivity contribution in [3.63, 3.8) is 0 Å². The number of methoxy groups -OCH3 is 1. The largest absolute Gasteiger partial charge is 0.497 e. The van der Waals surface area contributed by atoms with Crippen LogP contribution < -0.4 is 10.1 Å². The number of benzene rings is 1. The van der Waals surface area contributed by atoms with Crippen molar-refractivity contribution in [3.05, 3.63) is 51.3 Å². The molecule has 3 rings (SSSR count). The highest BCUT2D eigenvalue weighted by Crippen LogP contribution is 2.39. The van der Waals surface area contributed by atoms with Gasteiger partial charge in [-0.15, -0.1) is 0 Å². The number of aromatic nitrogens is 2. The predicted molar refractivity (Wildman–Crippen MR) is 90.6 cm³/mol. The molecule has 1 aliphatic carbocycles. The first-order chi connectivity index (χ1) is 12.0. The molecule has 8 heteroatoms. The summed E-state index contributed by atoms with van der Waals surface area (Å²) >= 11 is 0. The Balaban J connectivity index is 1.92. The summed E-state index contributed by atoms with van der Waals surface area (Å²) in [5.74, 6) is 0.204. The zero-order chi connectivity index (χ0) is 18.0. The first kappa shape index (κ1) is 16.9. The van der Waals surface area contributed by atoms with E-state index < -0.39 is 16.4 Å². The molecule has 0 saturated heterocycles. The minimum absolute atomic E-state index is 0.178. The number of nitrogens with zero attached hydrogens (tertiary/aromatic N) is 2. The SMILES string of the molecule is COc1ccc(C2(NC(=O)c3n[nH]c(C)c3[N+](=O)[O-])CCCC2)cc1. The second kappa shape index (κ2) is 6.54. The number of hydrogen-bond acceptors (Lipinski definition) is 5. The van der Waals surface area contributed by atoms with Crippen LogP contribution in [0.2, 0.25) is 0 Å². The quantitative estimate of drug-likeness (QED) is 0.640. The third-order valence-electron chi connectivity index (χ3n) is 4.77. The third kappa shape index (κ3) is 3.07. The molecule has 1 amide bonds. The molecule has 1 aromatic heterocycles. The molecule has 0 spiro atoms. The van der Waals surface area contributed by atoms with Crippen molar-refractivity contribution in [1.82, 2.24) is 15.5 Å². The molecule has 25 heavy (non-hydrogen) atoms. The molecule has 1 aliphatic rings. The van der Waals surface area contributed by atoms with Gasteiger partial charge in [0.15, 0.2) is 0 Å². The van der Waals surface area contributed by atoms with Crippen LogP contribution in [-0.4, -0.2) is 28.1 Å². The number of H-pyrrole nitrogens is 1. The number of nitrogens with one attached hydrogen (secondary N) is 2. The smallest absolute Gasteiger partial charge is 0.322 e. The van der Waals surface area contributed by atoms with Crippen LogP contribution in [0.5, 0.6) is 5.75 Å². The third-order valence-corrected chi connectivity index (χ3v) is 4.77. The molecule has 0 aliphatic heterocycles. The fourth-order valence-corrected chi connectivity index (χ4v) is 3.46. The molecule has 2 N–H and O–H groups in total. The Labute approximate surface area is 144 Å². The van der Waals surface area contributed by atoms with Crippen molar-refractivity contribution < 1.29 is 14.5 Å². The fraction of sp³-hybridized carbons (Fsp3) is 0.412. The summed E-state index contributed by atoms with van der Waals surface area (Å²) in [5, 5.41) is 20.6. The summed E-state index contributed by atoms with van der Waals surface area (Å²) in [4.78, 5) is 23.4. The summed E-state index contributed by atoms with van der Waals surface area (Å²) in [6.07, 6.45) is 3.52. The normalized spacial score (nSPS) is 15.8. The van der Waals surface area contributed by atoms with E-state index >= 15 is 0 Å². The van der Waals surface area contributed by atoms with Gasteiger partial charge in [-0.05, 0) is 37.5 Å². The van der Waals surface area contributed by atoms with Crippen LogP contribution in [0.4, 0.5) is 5.69 Å². The molecule has 1 saturated carbocycles. The van der Waals surface area contributed by atoms with Crippen molar-refractivity contribution in [1.29, 1.82) is 0 Å². The maximum Gasteiger partial charge on any atom is 0.322 e. The van der Waals surface area contributed by atoms with Crippen molar-refractivity contribution in [2.45, 2.75) is 38.1 Å². The lowest BCUT2D eigenvalue weighted by atomic mass is 9.88. The molecule has 0 radical (unpaired) electrons. The van der Waals surface area contributed by atoms with Crippen LogP contribution in [0.1, 0.15) is 47.4 Å². The molecule has 0 unspecified atom stereocenters. The van der Waals surface area contributed by atoms with Gasteiger partial charge < -0.3 is 10.1 Å². The van der Waals surface area contributed by atoms with Gasteiger partial charge in [0.25, 0.3) is 5.91 Å². The van der Waals surface area contributed by atoms with Gasteiger partial charge in [-0.2, -0.15) is 5.10 Å². The maximum atomic E-state index is 12.7. The zero-order valence-corrected chi connectivity index (χ0v) is 14.2. The number of amides is 1. The van der Waals surface area contributed by atoms with Gasteiger partial charge in [0.2, 0.25) is 5.69 Å². The molecule has 1 aromatic carbocycles. The summed E-state index contributed by atoms with van der Waals surface area (Å²) in [6, 6.07) is 7.55. The van der Waals surface area contributed by atoms with E-state index in [1.807, 2.05) is 24.3 Å². The van der Waals surface area contributed by atoms with Crippen molar-refractivity contribution in [2.24, 2.45) is 0 Å². The van der Waals surface area contributed by atoms with E-state index in [9.17, 15) is 14.9 Å². The number of carbonyl (C=O) groups is 1. The van der Waals surface area contributed by atoms with Crippen LogP contribution in [0.25, 0.3) is 0 Å². The highest BCUT2D eigenvalue weighted by atomic mass is 16.6. The topological polar surface area (TPSA) is 110 Å². The molecule has 1 heterocycles. The van der Waals surface area contributed by atoms with E-state index in [1.165, 1.54) is 6.92 Å². The van der Waals surface area contributed by atoms with Gasteiger partial charge in [0.05, 0.1) is 17.6 Å². The fourth-order valence-electron chi connectivity index (χ4n) is 3.46. The minimum atomic E-state index is -0.581. The number of aryl methyl sites for hydroxylation is 1. The molecular formula is C17H20N4O4. The summed E-state index contributed by atoms with van der Waals surface area (Å²) < 4.78 is 5.18. The van der Waals surface area contributed by atoms with Crippen molar-refractivity contribution in [2.75, 3.05) is 7.11 Å². The highest BCUT2D eigenvalue weighted by molar-refractivity contribution is 5.97. The van der Waals surface area contributed by atoms with Gasteiger partial charge in [0, 0.05) is 0 Å². The Morgan fingerprint density at radius 2 is 1.96 bits per heavy atom. The Kier molecular flexibility index (Phi) is 4.43. The molecule has 0 atom stereocenters. The maximum absolute atomic E-state index is 12.7. The van der Waals surface area contributed by atoms with E-state index in [1.54, 1.807) is 7.11 Å². The van der Waals surface area contributed by atoms with E-state index in [-0.39, 0.29) is 17.1 Å². The lowest BCUT2D eigenvalue weighted by Gasteiger charge is -2.30. The van der Waals surface area contributed by atoms with Crippen LogP contribution in [0.15, 0.2) is 24.3 Å². The van der Waals surface area contributed by atoms with Gasteiger partial charge in [-0.25, -0.2) is 0 Å². The first-order valence-corrected chi connectivity index (χ1v) is 8.13. The molecule has 1 fully saturated rings. The molecule has 2 aromatic rings. The van der Waals surface area contributed by atoms with Crippen LogP contribution in [0, 0.1) is 17.0 Å². The number of rotatable bonds is 5. The summed E-state index contributed by atoms with van der Waals surface area (Å²) in [5.41, 5.74) is 0.237. The first-order valence-electron chi connectivity index (χ1n) is 8.13. The molecular weight excluding hydrogens is 324 g/mol. The highest BCUT2D eigenvalue weighted by Gasteiger charge is 2.39. The van der Waals surface area contributed by atoms with E-state index in [2.05, 4.69) is 15.5 Å². The molecule has 0 bridgehead atoms. The Bertz CT molecular complexity index is 791. The number of ether oxygens (including phenoxy) is 1. The number of nitro groups is 1. The molecule has 132 valence electrons. The van der Waals surface area contributed by atoms with Crippen LogP contribution in [0.3, 0.4) is 0 Å². The average molecular weight is 344 g/mol. The van der Waals surface area contributed by atoms with E-state index in [0.717, 1.165) is 37.0 Å². The van der Waals surface area contributed by atoms with Crippen LogP contribution >= 0.6 is 0 Å². The number of carbonyl (C=O) groups excluding carboxylic acids is 1. The monoisotopic (exact) mass is 344 g/mol. The Morgan fingerprint density at radius 3 is 2.52 bits per heavy atom. The molecule has 8 nitrogen and oxygen atoms in total. The Morgan fingerprint density at radius 1 is 1.32 bits per heavy atom. The van der Waals surface area contributed by atoms with E-state index in [0.29, 0.717) is 0 Å². The van der Waals surface area contributed by atoms with Crippen LogP contribution in [-0.2, 0) is 5.54 Å². The van der Waals surface area contributed by atoms with Gasteiger partial charge in [-0.1, -0.05) is 25.0 Å². The number of aromatic amines is 1. The number of hydrogen-bond donors (Lipinski definition) is 2. The standard InChI is InChI=1S/C17H20N4O4/c1-11-15(21(23)24)14(20-19-11)16(22)18-17(9-3-4-10-17)12-5-7-13(25-2)8-6-12/h5-8H,3-4,9-10H2,1-2H3,(H,18,22)(H,19,20). The second-order valence-corrected chi connectivity index (χ2v) is 6.27. The summed E-state index contributed by atoms with van der Waals surface area (Å²) in [7, 11) is 1.60. The lowest BCUT2D eigenvalue weighted by Crippen LogP contribution is -2.44. The zero-order valence-electron chi connectivity index (χ0n) is 14.2. The van der Waals surface area contributed by atoms with Gasteiger partial charge in [-0.3, -0.25) is 20.0 Å². The van der Waals surface area contributed by atoms with Crippen molar-refractivity contribution in [3.8, 4) is 5.75 Å². The minimum Gasteiger partial charge on any atom is -0.497 e. The van der Waals surface area contributed by atoms with E-state index in [4.69, 9.17) is 4.74 Å². The second-order valence-electron chi connectivity index (χ2n) is 6.27. The van der Waals surface area contributed by atoms with Gasteiger partial charge in [0.1, 0.15) is 11.4 Å². The Hall–Kier alpha value is -2.90. The lowest BCUT2D eigenvalue weighted by molar-refractivity contribution is -0.385. The summed E-state index contributed by atoms with van der Waals surface area (Å²) in [6.45, 7) is 1.52. The van der Waals surface area contributed by atoms with Gasteiger partial charge >= 0.3 is 5.69 Å². The average Bonchev–Trinajstić information content (AvgIpc) is 3.22. The predicted octanol–water partition coefficient (Wildman–Crippen LogP) is 2.83. The van der Waals surface area contributed by atoms with Crippen molar-refractivity contribution >= 4 is 11.6 Å².